The molecule has 0 bridgehead atoms. The molecule has 100 valence electrons. The summed E-state index contributed by atoms with van der Waals surface area (Å²) in [6.45, 7) is 2.12. The average molecular weight is 283 g/mol. The Morgan fingerprint density at radius 1 is 1.42 bits per heavy atom. The van der Waals surface area contributed by atoms with Crippen LogP contribution >= 0.6 is 11.3 Å². The second kappa shape index (κ2) is 5.31. The quantitative estimate of drug-likeness (QED) is 0.849. The van der Waals surface area contributed by atoms with Gasteiger partial charge in [-0.25, -0.2) is 13.8 Å². The molecule has 0 spiro atoms. The van der Waals surface area contributed by atoms with Crippen molar-refractivity contribution in [2.45, 2.75) is 13.5 Å². The fourth-order valence-corrected chi connectivity index (χ4v) is 2.24. The van der Waals surface area contributed by atoms with Crippen molar-refractivity contribution in [1.29, 1.82) is 0 Å². The number of hydrogen-bond donors (Lipinski definition) is 2. The number of carbonyl (C=O) groups excluding carboxylic acids is 1. The number of hydrogen-bond acceptors (Lipinski definition) is 4. The van der Waals surface area contributed by atoms with Crippen molar-refractivity contribution in [1.82, 2.24) is 10.3 Å². The summed E-state index contributed by atoms with van der Waals surface area (Å²) < 4.78 is 26.0. The highest BCUT2D eigenvalue weighted by molar-refractivity contribution is 7.11. The molecule has 2 rings (SSSR count). The van der Waals surface area contributed by atoms with Crippen molar-refractivity contribution in [2.75, 3.05) is 5.73 Å². The van der Waals surface area contributed by atoms with E-state index in [1.54, 1.807) is 6.20 Å². The van der Waals surface area contributed by atoms with Gasteiger partial charge < -0.3 is 11.1 Å². The van der Waals surface area contributed by atoms with E-state index in [0.717, 1.165) is 22.0 Å². The fourth-order valence-electron chi connectivity index (χ4n) is 1.51. The van der Waals surface area contributed by atoms with E-state index in [1.807, 2.05) is 6.92 Å². The van der Waals surface area contributed by atoms with Crippen molar-refractivity contribution in [2.24, 2.45) is 0 Å². The predicted molar refractivity (Wildman–Crippen MR) is 68.8 cm³/mol. The molecule has 7 heteroatoms. The molecule has 0 saturated carbocycles. The number of carbonyl (C=O) groups is 1. The zero-order chi connectivity index (χ0) is 14.0. The number of amides is 1. The summed E-state index contributed by atoms with van der Waals surface area (Å²) in [6, 6.07) is 1.58. The molecule has 0 fully saturated rings. The molecule has 2 aromatic rings. The SMILES string of the molecule is Cc1ncc(CNC(=O)c2cc(F)c(F)cc2N)s1. The third-order valence-corrected chi connectivity index (χ3v) is 3.34. The van der Waals surface area contributed by atoms with Crippen molar-refractivity contribution in [3.8, 4) is 0 Å². The summed E-state index contributed by atoms with van der Waals surface area (Å²) >= 11 is 1.44. The van der Waals surface area contributed by atoms with Gasteiger partial charge in [0.1, 0.15) is 0 Å². The lowest BCUT2D eigenvalue weighted by Crippen LogP contribution is -2.23. The van der Waals surface area contributed by atoms with Crippen LogP contribution in [-0.4, -0.2) is 10.9 Å². The molecule has 4 nitrogen and oxygen atoms in total. The number of nitrogens with two attached hydrogens (primary N) is 1. The van der Waals surface area contributed by atoms with Gasteiger partial charge in [-0.2, -0.15) is 0 Å². The molecular weight excluding hydrogens is 272 g/mol. The molecular formula is C12H11F2N3OS. The van der Waals surface area contributed by atoms with Crippen LogP contribution in [0.15, 0.2) is 18.3 Å². The van der Waals surface area contributed by atoms with Crippen LogP contribution < -0.4 is 11.1 Å². The first-order chi connectivity index (χ1) is 8.97. The van der Waals surface area contributed by atoms with Crippen LogP contribution in [0.2, 0.25) is 0 Å². The number of rotatable bonds is 3. The summed E-state index contributed by atoms with van der Waals surface area (Å²) in [5.41, 5.74) is 5.30. The highest BCUT2D eigenvalue weighted by Gasteiger charge is 2.14. The first-order valence-electron chi connectivity index (χ1n) is 5.41. The highest BCUT2D eigenvalue weighted by atomic mass is 32.1. The molecule has 1 amide bonds. The lowest BCUT2D eigenvalue weighted by molar-refractivity contribution is 0.0951. The van der Waals surface area contributed by atoms with Gasteiger partial charge in [-0.1, -0.05) is 0 Å². The molecule has 0 aliphatic heterocycles. The Balaban J connectivity index is 2.10. The van der Waals surface area contributed by atoms with Crippen molar-refractivity contribution in [3.63, 3.8) is 0 Å². The van der Waals surface area contributed by atoms with Gasteiger partial charge in [0.25, 0.3) is 5.91 Å². The van der Waals surface area contributed by atoms with E-state index in [1.165, 1.54) is 11.3 Å². The van der Waals surface area contributed by atoms with E-state index < -0.39 is 17.5 Å². The maximum absolute atomic E-state index is 13.1. The van der Waals surface area contributed by atoms with Crippen molar-refractivity contribution >= 4 is 22.9 Å². The topological polar surface area (TPSA) is 68.0 Å². The Labute approximate surface area is 112 Å². The van der Waals surface area contributed by atoms with Crippen LogP contribution in [-0.2, 0) is 6.54 Å². The fraction of sp³-hybridized carbons (Fsp3) is 0.167. The van der Waals surface area contributed by atoms with Crippen LogP contribution in [0.3, 0.4) is 0 Å². The Kier molecular flexibility index (Phi) is 3.75. The molecule has 0 aliphatic carbocycles. The molecule has 3 N–H and O–H groups in total. The molecule has 0 unspecified atom stereocenters. The summed E-state index contributed by atoms with van der Waals surface area (Å²) in [7, 11) is 0. The van der Waals surface area contributed by atoms with Gasteiger partial charge in [0.15, 0.2) is 11.6 Å². The van der Waals surface area contributed by atoms with E-state index in [9.17, 15) is 13.6 Å². The zero-order valence-corrected chi connectivity index (χ0v) is 10.9. The van der Waals surface area contributed by atoms with E-state index in [4.69, 9.17) is 5.73 Å². The largest absolute Gasteiger partial charge is 0.398 e. The summed E-state index contributed by atoms with van der Waals surface area (Å²) in [5, 5.41) is 3.46. The predicted octanol–water partition coefficient (Wildman–Crippen LogP) is 2.24. The van der Waals surface area contributed by atoms with Gasteiger partial charge in [0.2, 0.25) is 0 Å². The van der Waals surface area contributed by atoms with E-state index in [0.29, 0.717) is 0 Å². The Morgan fingerprint density at radius 2 is 2.11 bits per heavy atom. The Morgan fingerprint density at radius 3 is 2.74 bits per heavy atom. The number of aryl methyl sites for hydroxylation is 1. The van der Waals surface area contributed by atoms with Gasteiger partial charge in [-0.3, -0.25) is 4.79 Å². The van der Waals surface area contributed by atoms with Gasteiger partial charge in [0.05, 0.1) is 17.1 Å². The van der Waals surface area contributed by atoms with E-state index >= 15 is 0 Å². The zero-order valence-electron chi connectivity index (χ0n) is 10.0. The summed E-state index contributed by atoms with van der Waals surface area (Å²) in [4.78, 5) is 16.7. The lowest BCUT2D eigenvalue weighted by atomic mass is 10.1. The maximum atomic E-state index is 13.1. The summed E-state index contributed by atoms with van der Waals surface area (Å²) in [5.74, 6) is -2.73. The number of halogens is 2. The molecule has 1 aromatic heterocycles. The number of anilines is 1. The number of thiazole rings is 1. The van der Waals surface area contributed by atoms with Crippen LogP contribution in [0.5, 0.6) is 0 Å². The third-order valence-electron chi connectivity index (χ3n) is 2.43. The van der Waals surface area contributed by atoms with E-state index in [2.05, 4.69) is 10.3 Å². The number of nitrogens with zero attached hydrogens (tertiary/aromatic N) is 1. The third kappa shape index (κ3) is 3.05. The second-order valence-corrected chi connectivity index (χ2v) is 5.20. The number of benzene rings is 1. The number of aromatic nitrogens is 1. The Bertz CT molecular complexity index is 627. The first kappa shape index (κ1) is 13.4. The van der Waals surface area contributed by atoms with Crippen molar-refractivity contribution < 1.29 is 13.6 Å². The van der Waals surface area contributed by atoms with Crippen LogP contribution in [0.4, 0.5) is 14.5 Å². The molecule has 19 heavy (non-hydrogen) atoms. The minimum Gasteiger partial charge on any atom is -0.398 e. The van der Waals surface area contributed by atoms with Gasteiger partial charge in [-0.05, 0) is 13.0 Å². The van der Waals surface area contributed by atoms with Crippen LogP contribution in [0.1, 0.15) is 20.2 Å². The monoisotopic (exact) mass is 283 g/mol. The van der Waals surface area contributed by atoms with E-state index in [-0.39, 0.29) is 17.8 Å². The maximum Gasteiger partial charge on any atom is 0.253 e. The Hall–Kier alpha value is -2.02. The minimum absolute atomic E-state index is 0.0832. The normalized spacial score (nSPS) is 10.5. The number of nitrogen functional groups attached to an aromatic ring is 1. The number of nitrogens with one attached hydrogen (secondary N) is 1. The molecule has 0 radical (unpaired) electrons. The molecule has 0 atom stereocenters. The van der Waals surface area contributed by atoms with Crippen LogP contribution in [0.25, 0.3) is 0 Å². The van der Waals surface area contributed by atoms with Crippen LogP contribution in [0, 0.1) is 18.6 Å². The first-order valence-corrected chi connectivity index (χ1v) is 6.23. The molecule has 0 saturated heterocycles. The molecule has 1 aromatic carbocycles. The molecule has 0 aliphatic rings. The minimum atomic E-state index is -1.10. The average Bonchev–Trinajstić information content (AvgIpc) is 2.77. The van der Waals surface area contributed by atoms with Gasteiger partial charge >= 0.3 is 0 Å². The standard InChI is InChI=1S/C12H11F2N3OS/c1-6-16-4-7(19-6)5-17-12(18)8-2-9(13)10(14)3-11(8)15/h2-4H,5,15H2,1H3,(H,17,18). The smallest absolute Gasteiger partial charge is 0.253 e. The van der Waals surface area contributed by atoms with Gasteiger partial charge in [0, 0.05) is 22.8 Å². The lowest BCUT2D eigenvalue weighted by Gasteiger charge is -2.07. The van der Waals surface area contributed by atoms with Gasteiger partial charge in [-0.15, -0.1) is 11.3 Å². The molecule has 1 heterocycles. The van der Waals surface area contributed by atoms with Crippen molar-refractivity contribution in [3.05, 3.63) is 45.4 Å². The summed E-state index contributed by atoms with van der Waals surface area (Å²) in [6.07, 6.45) is 1.65. The highest BCUT2D eigenvalue weighted by Crippen LogP contribution is 2.17. The second-order valence-electron chi connectivity index (χ2n) is 3.88.